The number of ether oxygens (including phenoxy) is 2. The Labute approximate surface area is 201 Å². The van der Waals surface area contributed by atoms with Crippen LogP contribution in [0.15, 0.2) is 23.3 Å². The van der Waals surface area contributed by atoms with Gasteiger partial charge in [0.1, 0.15) is 17.8 Å². The van der Waals surface area contributed by atoms with Crippen molar-refractivity contribution in [1.82, 2.24) is 0 Å². The van der Waals surface area contributed by atoms with E-state index in [1.165, 1.54) is 0 Å². The average Bonchev–Trinajstić information content (AvgIpc) is 3.43. The third-order valence-electron chi connectivity index (χ3n) is 11.6. The Balaban J connectivity index is 1.27. The topological polar surface area (TPSA) is 96.4 Å². The molecule has 0 amide bonds. The van der Waals surface area contributed by atoms with Gasteiger partial charge in [0.2, 0.25) is 0 Å². The number of allylic oxidation sites excluding steroid dienone is 1. The number of cyclic esters (lactones) is 1. The molecule has 0 aromatic heterocycles. The third kappa shape index (κ3) is 2.63. The van der Waals surface area contributed by atoms with E-state index < -0.39 is 17.1 Å². The summed E-state index contributed by atoms with van der Waals surface area (Å²) >= 11 is 0. The van der Waals surface area contributed by atoms with Gasteiger partial charge >= 0.3 is 5.97 Å². The Morgan fingerprint density at radius 2 is 1.94 bits per heavy atom. The molecule has 6 rings (SSSR count). The fourth-order valence-corrected chi connectivity index (χ4v) is 9.69. The number of epoxide rings is 1. The molecule has 34 heavy (non-hydrogen) atoms. The van der Waals surface area contributed by atoms with E-state index in [2.05, 4.69) is 20.8 Å². The van der Waals surface area contributed by atoms with Crippen molar-refractivity contribution in [3.05, 3.63) is 23.3 Å². The lowest BCUT2D eigenvalue weighted by molar-refractivity contribution is -0.155. The molecular formula is C28H38O6. The maximum atomic E-state index is 13.3. The van der Waals surface area contributed by atoms with Crippen LogP contribution < -0.4 is 0 Å². The molecule has 11 atom stereocenters. The SMILES string of the molecule is CC1=C(CO)C(=O)O[C@@H]([C@@H](C)[C@H]2CC[C@H]3[C@@H]4C[C@H]5O[C@]56C(O)C=CC(=O)[C@]6(C)[C@H]4CC[C@]23C)C1. The van der Waals surface area contributed by atoms with E-state index in [0.29, 0.717) is 29.7 Å². The minimum Gasteiger partial charge on any atom is -0.458 e. The van der Waals surface area contributed by atoms with Gasteiger partial charge in [-0.2, -0.15) is 0 Å². The summed E-state index contributed by atoms with van der Waals surface area (Å²) in [5.74, 6) is 1.61. The predicted molar refractivity (Wildman–Crippen MR) is 124 cm³/mol. The fourth-order valence-electron chi connectivity index (χ4n) is 9.69. The number of fused-ring (bicyclic) bond motifs is 4. The van der Waals surface area contributed by atoms with E-state index >= 15 is 0 Å². The predicted octanol–water partition coefficient (Wildman–Crippen LogP) is 3.35. The molecule has 1 saturated heterocycles. The van der Waals surface area contributed by atoms with Gasteiger partial charge < -0.3 is 19.7 Å². The van der Waals surface area contributed by atoms with Crippen LogP contribution in [0.4, 0.5) is 0 Å². The highest BCUT2D eigenvalue weighted by Gasteiger charge is 2.80. The van der Waals surface area contributed by atoms with Crippen molar-refractivity contribution in [3.8, 4) is 0 Å². The van der Waals surface area contributed by atoms with E-state index in [1.54, 1.807) is 12.2 Å². The second kappa shape index (κ2) is 7.27. The lowest BCUT2D eigenvalue weighted by atomic mass is 9.44. The van der Waals surface area contributed by atoms with Gasteiger partial charge in [0.15, 0.2) is 5.78 Å². The van der Waals surface area contributed by atoms with Crippen LogP contribution in [-0.4, -0.2) is 52.5 Å². The summed E-state index contributed by atoms with van der Waals surface area (Å²) in [7, 11) is 0. The molecule has 4 aliphatic carbocycles. The lowest BCUT2D eigenvalue weighted by Gasteiger charge is -2.58. The smallest absolute Gasteiger partial charge is 0.336 e. The Kier molecular flexibility index (Phi) is 4.90. The molecule has 0 aromatic rings. The van der Waals surface area contributed by atoms with Crippen LogP contribution in [0.3, 0.4) is 0 Å². The van der Waals surface area contributed by atoms with Crippen molar-refractivity contribution in [2.45, 2.75) is 90.1 Å². The first-order valence-electron chi connectivity index (χ1n) is 13.2. The first-order valence-corrected chi connectivity index (χ1v) is 13.2. The maximum absolute atomic E-state index is 13.3. The van der Waals surface area contributed by atoms with Gasteiger partial charge in [-0.3, -0.25) is 4.79 Å². The Morgan fingerprint density at radius 1 is 1.18 bits per heavy atom. The molecule has 0 bridgehead atoms. The highest BCUT2D eigenvalue weighted by molar-refractivity contribution is 5.98. The molecular weight excluding hydrogens is 432 g/mol. The summed E-state index contributed by atoms with van der Waals surface area (Å²) in [5.41, 5.74) is 0.129. The van der Waals surface area contributed by atoms with Gasteiger partial charge in [-0.05, 0) is 93.1 Å². The van der Waals surface area contributed by atoms with Crippen LogP contribution in [-0.2, 0) is 19.1 Å². The fraction of sp³-hybridized carbons (Fsp3) is 0.786. The Hall–Kier alpha value is -1.50. The quantitative estimate of drug-likeness (QED) is 0.485. The van der Waals surface area contributed by atoms with Gasteiger partial charge in [-0.15, -0.1) is 0 Å². The molecule has 0 radical (unpaired) electrons. The number of aliphatic hydroxyl groups excluding tert-OH is 2. The van der Waals surface area contributed by atoms with E-state index in [4.69, 9.17) is 9.47 Å². The number of esters is 1. The second-order valence-corrected chi connectivity index (χ2v) is 12.5. The third-order valence-corrected chi connectivity index (χ3v) is 11.6. The summed E-state index contributed by atoms with van der Waals surface area (Å²) in [6, 6.07) is 0. The molecule has 4 fully saturated rings. The molecule has 186 valence electrons. The summed E-state index contributed by atoms with van der Waals surface area (Å²) in [6.45, 7) is 8.41. The van der Waals surface area contributed by atoms with E-state index in [0.717, 1.165) is 37.7 Å². The second-order valence-electron chi connectivity index (χ2n) is 12.5. The van der Waals surface area contributed by atoms with E-state index in [-0.39, 0.29) is 47.8 Å². The zero-order chi connectivity index (χ0) is 24.2. The first-order chi connectivity index (χ1) is 16.1. The lowest BCUT2D eigenvalue weighted by Crippen LogP contribution is -2.63. The van der Waals surface area contributed by atoms with Gasteiger partial charge in [0.05, 0.1) is 23.7 Å². The van der Waals surface area contributed by atoms with Crippen LogP contribution in [0.2, 0.25) is 0 Å². The van der Waals surface area contributed by atoms with Crippen LogP contribution in [0.25, 0.3) is 0 Å². The summed E-state index contributed by atoms with van der Waals surface area (Å²) in [6.07, 6.45) is 8.23. The normalized spacial score (nSPS) is 52.4. The number of carbonyl (C=O) groups excluding carboxylic acids is 2. The standard InChI is InChI=1S/C28H38O6/c1-14-11-21(33-25(32)17(14)13-29)15(2)18-5-6-19-16-12-24-28(34-24)23(31)8-7-22(30)27(28,4)20(16)9-10-26(18,19)3/h7-8,15-16,18-21,23-24,29,31H,5-6,9-13H2,1-4H3/t15-,16-,18+,19-,20-,21+,23?,24+,26+,27-,28+/m0/s1. The molecule has 6 heteroatoms. The zero-order valence-corrected chi connectivity index (χ0v) is 20.8. The molecule has 1 spiro atoms. The van der Waals surface area contributed by atoms with Crippen molar-refractivity contribution in [1.29, 1.82) is 0 Å². The van der Waals surface area contributed by atoms with Crippen molar-refractivity contribution >= 4 is 11.8 Å². The summed E-state index contributed by atoms with van der Waals surface area (Å²) < 4.78 is 12.1. The zero-order valence-electron chi connectivity index (χ0n) is 20.8. The number of ketones is 1. The van der Waals surface area contributed by atoms with Gasteiger partial charge in [-0.1, -0.05) is 19.4 Å². The summed E-state index contributed by atoms with van der Waals surface area (Å²) in [4.78, 5) is 25.8. The molecule has 2 N–H and O–H groups in total. The number of hydrogen-bond donors (Lipinski definition) is 2. The van der Waals surface area contributed by atoms with Crippen LogP contribution in [0, 0.1) is 40.4 Å². The van der Waals surface area contributed by atoms with Gasteiger partial charge in [0, 0.05) is 6.42 Å². The van der Waals surface area contributed by atoms with Gasteiger partial charge in [-0.25, -0.2) is 4.79 Å². The number of aliphatic hydroxyl groups is 2. The highest BCUT2D eigenvalue weighted by Crippen LogP contribution is 2.73. The molecule has 2 aliphatic heterocycles. The highest BCUT2D eigenvalue weighted by atomic mass is 16.6. The van der Waals surface area contributed by atoms with Crippen molar-refractivity contribution < 1.29 is 29.3 Å². The molecule has 1 unspecified atom stereocenters. The molecule has 6 nitrogen and oxygen atoms in total. The van der Waals surface area contributed by atoms with Crippen molar-refractivity contribution in [2.75, 3.05) is 6.61 Å². The van der Waals surface area contributed by atoms with E-state index in [1.807, 2.05) is 6.92 Å². The first kappa shape index (κ1) is 22.9. The molecule has 6 aliphatic rings. The maximum Gasteiger partial charge on any atom is 0.336 e. The number of carbonyl (C=O) groups is 2. The monoisotopic (exact) mass is 470 g/mol. The number of hydrogen-bond acceptors (Lipinski definition) is 6. The van der Waals surface area contributed by atoms with Crippen LogP contribution in [0.1, 0.15) is 66.2 Å². The Bertz CT molecular complexity index is 999. The molecule has 0 aromatic carbocycles. The van der Waals surface area contributed by atoms with Crippen molar-refractivity contribution in [2.24, 2.45) is 40.4 Å². The Morgan fingerprint density at radius 3 is 2.65 bits per heavy atom. The number of rotatable bonds is 3. The molecule has 3 saturated carbocycles. The largest absolute Gasteiger partial charge is 0.458 e. The van der Waals surface area contributed by atoms with Crippen LogP contribution >= 0.6 is 0 Å². The minimum absolute atomic E-state index is 0.0366. The van der Waals surface area contributed by atoms with Gasteiger partial charge in [0.25, 0.3) is 0 Å². The van der Waals surface area contributed by atoms with E-state index in [9.17, 15) is 19.8 Å². The summed E-state index contributed by atoms with van der Waals surface area (Å²) in [5, 5.41) is 20.4. The van der Waals surface area contributed by atoms with Crippen molar-refractivity contribution in [3.63, 3.8) is 0 Å². The van der Waals surface area contributed by atoms with Crippen LogP contribution in [0.5, 0.6) is 0 Å². The molecule has 2 heterocycles. The average molecular weight is 471 g/mol. The minimum atomic E-state index is -0.719.